The molecule has 6 nitrogen and oxygen atoms in total. The summed E-state index contributed by atoms with van der Waals surface area (Å²) >= 11 is 0. The quantitative estimate of drug-likeness (QED) is 0.541. The van der Waals surface area contributed by atoms with Crippen LogP contribution in [0.2, 0.25) is 0 Å². The van der Waals surface area contributed by atoms with Crippen LogP contribution in [0.15, 0.2) is 86.0 Å². The summed E-state index contributed by atoms with van der Waals surface area (Å²) in [4.78, 5) is 23.9. The molecule has 4 aromatic rings. The van der Waals surface area contributed by atoms with E-state index in [1.165, 1.54) is 6.33 Å². The number of hydrogen-bond donors (Lipinski definition) is 0. The topological polar surface area (TPSA) is 67.7 Å². The maximum Gasteiger partial charge on any atom is 0.134 e. The Morgan fingerprint density at radius 1 is 0.741 bits per heavy atom. The van der Waals surface area contributed by atoms with Gasteiger partial charge in [0.2, 0.25) is 0 Å². The minimum absolute atomic E-state index is 0.173. The summed E-state index contributed by atoms with van der Waals surface area (Å²) in [6, 6.07) is 13.8. The van der Waals surface area contributed by atoms with Crippen molar-refractivity contribution in [1.29, 1.82) is 0 Å². The molecule has 0 N–H and O–H groups in total. The van der Waals surface area contributed by atoms with Gasteiger partial charge in [0.15, 0.2) is 0 Å². The van der Waals surface area contributed by atoms with E-state index in [1.807, 2.05) is 49.6 Å². The lowest BCUT2D eigenvalue weighted by Crippen LogP contribution is -2.26. The van der Waals surface area contributed by atoms with Crippen molar-refractivity contribution in [3.8, 4) is 0 Å². The lowest BCUT2D eigenvalue weighted by molar-refractivity contribution is 0.789. The van der Waals surface area contributed by atoms with Gasteiger partial charge in [-0.2, -0.15) is 0 Å². The molecule has 0 aliphatic carbocycles. The van der Waals surface area contributed by atoms with Gasteiger partial charge in [0.25, 0.3) is 0 Å². The van der Waals surface area contributed by atoms with E-state index in [1.54, 1.807) is 24.8 Å². The van der Waals surface area contributed by atoms with Gasteiger partial charge in [-0.3, -0.25) is 9.97 Å². The SMILES string of the molecule is Cc1cccc(N(c2cncnc2)C(c2cccnc2)c2cccnc2)n1. The molecule has 4 heterocycles. The van der Waals surface area contributed by atoms with Gasteiger partial charge < -0.3 is 4.90 Å². The van der Waals surface area contributed by atoms with Crippen LogP contribution >= 0.6 is 0 Å². The van der Waals surface area contributed by atoms with Crippen LogP contribution in [0.5, 0.6) is 0 Å². The number of anilines is 2. The van der Waals surface area contributed by atoms with E-state index < -0.39 is 0 Å². The Kier molecular flexibility index (Phi) is 4.78. The van der Waals surface area contributed by atoms with Crippen molar-refractivity contribution < 1.29 is 0 Å². The summed E-state index contributed by atoms with van der Waals surface area (Å²) in [6.07, 6.45) is 12.4. The molecule has 0 atom stereocenters. The Morgan fingerprint density at radius 2 is 1.41 bits per heavy atom. The van der Waals surface area contributed by atoms with Crippen LogP contribution in [0.25, 0.3) is 0 Å². The molecule has 6 heteroatoms. The third kappa shape index (κ3) is 3.64. The van der Waals surface area contributed by atoms with Crippen molar-refractivity contribution in [3.05, 3.63) is 103 Å². The molecule has 0 saturated heterocycles. The van der Waals surface area contributed by atoms with Crippen molar-refractivity contribution in [3.63, 3.8) is 0 Å². The second-order valence-corrected chi connectivity index (χ2v) is 6.08. The molecular weight excluding hydrogens is 336 g/mol. The van der Waals surface area contributed by atoms with Crippen LogP contribution in [-0.2, 0) is 0 Å². The van der Waals surface area contributed by atoms with Crippen molar-refractivity contribution >= 4 is 11.5 Å². The molecule has 0 radical (unpaired) electrons. The Labute approximate surface area is 157 Å². The fourth-order valence-corrected chi connectivity index (χ4v) is 3.06. The number of hydrogen-bond acceptors (Lipinski definition) is 6. The Balaban J connectivity index is 1.94. The molecule has 0 aliphatic heterocycles. The number of pyridine rings is 3. The average Bonchev–Trinajstić information content (AvgIpc) is 2.74. The molecule has 0 aliphatic rings. The Morgan fingerprint density at radius 3 is 1.96 bits per heavy atom. The van der Waals surface area contributed by atoms with Gasteiger partial charge in [0, 0.05) is 30.5 Å². The molecular formula is C21H18N6. The van der Waals surface area contributed by atoms with Crippen LogP contribution in [-0.4, -0.2) is 24.9 Å². The van der Waals surface area contributed by atoms with Crippen molar-refractivity contribution in [2.45, 2.75) is 13.0 Å². The minimum atomic E-state index is -0.173. The van der Waals surface area contributed by atoms with Crippen LogP contribution in [0, 0.1) is 6.92 Å². The highest BCUT2D eigenvalue weighted by Crippen LogP contribution is 2.37. The molecule has 27 heavy (non-hydrogen) atoms. The highest BCUT2D eigenvalue weighted by atomic mass is 15.2. The first-order valence-electron chi connectivity index (χ1n) is 8.60. The molecule has 132 valence electrons. The van der Waals surface area contributed by atoms with Gasteiger partial charge in [-0.15, -0.1) is 0 Å². The van der Waals surface area contributed by atoms with Gasteiger partial charge in [0.05, 0.1) is 24.1 Å². The fraction of sp³-hybridized carbons (Fsp3) is 0.0952. The zero-order chi connectivity index (χ0) is 18.5. The van der Waals surface area contributed by atoms with Gasteiger partial charge in [-0.1, -0.05) is 18.2 Å². The summed E-state index contributed by atoms with van der Waals surface area (Å²) in [7, 11) is 0. The van der Waals surface area contributed by atoms with Crippen LogP contribution in [0.3, 0.4) is 0 Å². The van der Waals surface area contributed by atoms with Gasteiger partial charge in [-0.05, 0) is 42.3 Å². The summed E-state index contributed by atoms with van der Waals surface area (Å²) in [5.74, 6) is 0.808. The summed E-state index contributed by atoms with van der Waals surface area (Å²) < 4.78 is 0. The minimum Gasteiger partial charge on any atom is -0.312 e. The Hall–Kier alpha value is -3.67. The zero-order valence-electron chi connectivity index (χ0n) is 14.8. The van der Waals surface area contributed by atoms with Gasteiger partial charge in [0.1, 0.15) is 12.1 Å². The first-order chi connectivity index (χ1) is 13.3. The first-order valence-corrected chi connectivity index (χ1v) is 8.60. The van der Waals surface area contributed by atoms with Crippen LogP contribution < -0.4 is 4.90 Å². The third-order valence-electron chi connectivity index (χ3n) is 4.20. The lowest BCUT2D eigenvalue weighted by Gasteiger charge is -2.33. The third-order valence-corrected chi connectivity index (χ3v) is 4.20. The number of aryl methyl sites for hydroxylation is 1. The van der Waals surface area contributed by atoms with E-state index in [-0.39, 0.29) is 6.04 Å². The molecule has 4 aromatic heterocycles. The van der Waals surface area contributed by atoms with Crippen LogP contribution in [0.4, 0.5) is 11.5 Å². The van der Waals surface area contributed by atoms with E-state index in [0.29, 0.717) is 0 Å². The molecule has 0 fully saturated rings. The van der Waals surface area contributed by atoms with Gasteiger partial charge >= 0.3 is 0 Å². The smallest absolute Gasteiger partial charge is 0.134 e. The highest BCUT2D eigenvalue weighted by molar-refractivity contribution is 5.62. The number of nitrogens with zero attached hydrogens (tertiary/aromatic N) is 6. The van der Waals surface area contributed by atoms with Crippen molar-refractivity contribution in [1.82, 2.24) is 24.9 Å². The molecule has 0 aromatic carbocycles. The normalized spacial score (nSPS) is 10.7. The predicted octanol–water partition coefficient (Wildman–Crippen LogP) is 3.90. The Bertz CT molecular complexity index is 953. The first kappa shape index (κ1) is 16.8. The lowest BCUT2D eigenvalue weighted by atomic mass is 9.99. The van der Waals surface area contributed by atoms with Crippen molar-refractivity contribution in [2.75, 3.05) is 4.90 Å². The maximum atomic E-state index is 4.75. The van der Waals surface area contributed by atoms with E-state index in [4.69, 9.17) is 4.98 Å². The number of aromatic nitrogens is 5. The second kappa shape index (κ2) is 7.70. The maximum absolute atomic E-state index is 4.75. The van der Waals surface area contributed by atoms with E-state index in [9.17, 15) is 0 Å². The standard InChI is InChI=1S/C21H18N6/c1-16-5-2-8-20(26-16)27(19-13-24-15-25-14-19)21(17-6-3-9-22-11-17)18-7-4-10-23-12-18/h2-15,21H,1H3. The zero-order valence-corrected chi connectivity index (χ0v) is 14.8. The summed E-state index contributed by atoms with van der Waals surface area (Å²) in [6.45, 7) is 1.98. The monoisotopic (exact) mass is 354 g/mol. The summed E-state index contributed by atoms with van der Waals surface area (Å²) in [5, 5.41) is 0. The molecule has 0 saturated carbocycles. The second-order valence-electron chi connectivity index (χ2n) is 6.08. The van der Waals surface area contributed by atoms with Crippen LogP contribution in [0.1, 0.15) is 22.9 Å². The molecule has 0 amide bonds. The largest absolute Gasteiger partial charge is 0.312 e. The van der Waals surface area contributed by atoms with E-state index in [2.05, 4.69) is 37.0 Å². The molecule has 0 bridgehead atoms. The highest BCUT2D eigenvalue weighted by Gasteiger charge is 2.26. The fourth-order valence-electron chi connectivity index (χ4n) is 3.06. The van der Waals surface area contributed by atoms with Crippen molar-refractivity contribution in [2.24, 2.45) is 0 Å². The van der Waals surface area contributed by atoms with Gasteiger partial charge in [-0.25, -0.2) is 15.0 Å². The van der Waals surface area contributed by atoms with E-state index >= 15 is 0 Å². The molecule has 4 rings (SSSR count). The van der Waals surface area contributed by atoms with E-state index in [0.717, 1.165) is 28.3 Å². The summed E-state index contributed by atoms with van der Waals surface area (Å²) in [5.41, 5.74) is 3.83. The molecule has 0 spiro atoms. The average molecular weight is 354 g/mol. The molecule has 0 unspecified atom stereocenters. The number of rotatable bonds is 5. The predicted molar refractivity (Wildman–Crippen MR) is 103 cm³/mol.